The Balaban J connectivity index is 1.82. The van der Waals surface area contributed by atoms with E-state index in [9.17, 15) is 0 Å². The predicted molar refractivity (Wildman–Crippen MR) is 90.7 cm³/mol. The van der Waals surface area contributed by atoms with E-state index >= 15 is 0 Å². The van der Waals surface area contributed by atoms with Crippen LogP contribution in [0.25, 0.3) is 0 Å². The van der Waals surface area contributed by atoms with Crippen molar-refractivity contribution in [3.05, 3.63) is 59.7 Å². The van der Waals surface area contributed by atoms with Crippen molar-refractivity contribution in [3.63, 3.8) is 0 Å². The van der Waals surface area contributed by atoms with Crippen LogP contribution in [0.15, 0.2) is 48.5 Å². The van der Waals surface area contributed by atoms with Crippen LogP contribution in [-0.4, -0.2) is 20.3 Å². The maximum absolute atomic E-state index is 5.92. The van der Waals surface area contributed by atoms with Crippen LogP contribution < -0.4 is 15.2 Å². The molecule has 3 heteroatoms. The van der Waals surface area contributed by atoms with Gasteiger partial charge in [-0.2, -0.15) is 0 Å². The molecule has 0 heterocycles. The van der Waals surface area contributed by atoms with Crippen molar-refractivity contribution in [2.75, 3.05) is 20.3 Å². The van der Waals surface area contributed by atoms with Crippen molar-refractivity contribution in [1.82, 2.24) is 0 Å². The van der Waals surface area contributed by atoms with Crippen molar-refractivity contribution in [2.24, 2.45) is 5.73 Å². The molecule has 0 aliphatic rings. The largest absolute Gasteiger partial charge is 0.497 e. The molecule has 0 amide bonds. The maximum atomic E-state index is 5.92. The van der Waals surface area contributed by atoms with Gasteiger partial charge in [0.25, 0.3) is 0 Å². The molecule has 2 aromatic rings. The molecule has 0 saturated carbocycles. The minimum absolute atomic E-state index is 0.367. The molecule has 0 radical (unpaired) electrons. The average Bonchev–Trinajstić information content (AvgIpc) is 2.57. The summed E-state index contributed by atoms with van der Waals surface area (Å²) in [5.41, 5.74) is 8.36. The lowest BCUT2D eigenvalue weighted by molar-refractivity contribution is 0.300. The standard InChI is InChI=1S/C19H25NO2/c1-15-6-3-4-8-19(15)22-13-5-7-17(14-20)16-9-11-18(21-2)12-10-16/h3-4,6,8-12,17H,5,7,13-14,20H2,1-2H3. The number of hydrogen-bond acceptors (Lipinski definition) is 3. The molecule has 2 aromatic carbocycles. The van der Waals surface area contributed by atoms with Crippen molar-refractivity contribution in [1.29, 1.82) is 0 Å². The normalized spacial score (nSPS) is 12.0. The first-order valence-electron chi connectivity index (χ1n) is 7.77. The summed E-state index contributed by atoms with van der Waals surface area (Å²) in [5.74, 6) is 2.21. The van der Waals surface area contributed by atoms with Crippen LogP contribution in [0.1, 0.15) is 29.9 Å². The average molecular weight is 299 g/mol. The van der Waals surface area contributed by atoms with Crippen molar-refractivity contribution < 1.29 is 9.47 Å². The van der Waals surface area contributed by atoms with E-state index < -0.39 is 0 Å². The fraction of sp³-hybridized carbons (Fsp3) is 0.368. The molecule has 1 atom stereocenters. The predicted octanol–water partition coefficient (Wildman–Crippen LogP) is 3.91. The first kappa shape index (κ1) is 16.4. The van der Waals surface area contributed by atoms with Crippen LogP contribution in [0.3, 0.4) is 0 Å². The number of benzene rings is 2. The summed E-state index contributed by atoms with van der Waals surface area (Å²) in [7, 11) is 1.68. The zero-order chi connectivity index (χ0) is 15.8. The summed E-state index contributed by atoms with van der Waals surface area (Å²) in [6, 6.07) is 16.3. The molecule has 2 rings (SSSR count). The van der Waals surface area contributed by atoms with Crippen LogP contribution in [0.4, 0.5) is 0 Å². The SMILES string of the molecule is COc1ccc(C(CN)CCCOc2ccccc2C)cc1. The van der Waals surface area contributed by atoms with Crippen LogP contribution in [-0.2, 0) is 0 Å². The van der Waals surface area contributed by atoms with E-state index in [1.165, 1.54) is 11.1 Å². The number of rotatable bonds is 8. The van der Waals surface area contributed by atoms with Gasteiger partial charge < -0.3 is 15.2 Å². The van der Waals surface area contributed by atoms with Gasteiger partial charge in [0.2, 0.25) is 0 Å². The Hall–Kier alpha value is -2.00. The molecule has 0 spiro atoms. The van der Waals surface area contributed by atoms with E-state index in [0.29, 0.717) is 12.5 Å². The number of nitrogens with two attached hydrogens (primary N) is 1. The Labute approximate surface area is 133 Å². The molecule has 0 aromatic heterocycles. The first-order chi connectivity index (χ1) is 10.7. The monoisotopic (exact) mass is 299 g/mol. The summed E-state index contributed by atoms with van der Waals surface area (Å²) < 4.78 is 11.0. The second kappa shape index (κ2) is 8.44. The van der Waals surface area contributed by atoms with Gasteiger partial charge in [-0.3, -0.25) is 0 Å². The van der Waals surface area contributed by atoms with Crippen LogP contribution in [0, 0.1) is 6.92 Å². The summed E-state index contributed by atoms with van der Waals surface area (Å²) in [6.45, 7) is 3.43. The summed E-state index contributed by atoms with van der Waals surface area (Å²) in [5, 5.41) is 0. The van der Waals surface area contributed by atoms with Gasteiger partial charge in [0.15, 0.2) is 0 Å². The number of methoxy groups -OCH3 is 1. The smallest absolute Gasteiger partial charge is 0.122 e. The van der Waals surface area contributed by atoms with E-state index in [4.69, 9.17) is 15.2 Å². The zero-order valence-electron chi connectivity index (χ0n) is 13.4. The molecule has 0 aliphatic heterocycles. The minimum atomic E-state index is 0.367. The third-order valence-electron chi connectivity index (χ3n) is 3.92. The highest BCUT2D eigenvalue weighted by atomic mass is 16.5. The third kappa shape index (κ3) is 4.50. The van der Waals surface area contributed by atoms with Gasteiger partial charge in [-0.05, 0) is 61.6 Å². The van der Waals surface area contributed by atoms with E-state index in [0.717, 1.165) is 30.9 Å². The highest BCUT2D eigenvalue weighted by Gasteiger charge is 2.10. The molecular formula is C19H25NO2. The molecule has 1 unspecified atom stereocenters. The van der Waals surface area contributed by atoms with Gasteiger partial charge in [-0.25, -0.2) is 0 Å². The second-order valence-corrected chi connectivity index (χ2v) is 5.46. The van der Waals surface area contributed by atoms with E-state index in [2.05, 4.69) is 25.1 Å². The zero-order valence-corrected chi connectivity index (χ0v) is 13.4. The van der Waals surface area contributed by atoms with Crippen LogP contribution in [0.5, 0.6) is 11.5 Å². The molecule has 0 aliphatic carbocycles. The van der Waals surface area contributed by atoms with Crippen molar-refractivity contribution >= 4 is 0 Å². The van der Waals surface area contributed by atoms with E-state index in [1.807, 2.05) is 30.3 Å². The highest BCUT2D eigenvalue weighted by molar-refractivity contribution is 5.32. The first-order valence-corrected chi connectivity index (χ1v) is 7.77. The van der Waals surface area contributed by atoms with Gasteiger partial charge in [0.05, 0.1) is 13.7 Å². The Bertz CT molecular complexity index is 566. The fourth-order valence-corrected chi connectivity index (χ4v) is 2.53. The number of para-hydroxylation sites is 1. The van der Waals surface area contributed by atoms with Gasteiger partial charge in [-0.1, -0.05) is 30.3 Å². The lowest BCUT2D eigenvalue weighted by atomic mass is 9.94. The van der Waals surface area contributed by atoms with E-state index in [-0.39, 0.29) is 0 Å². The molecule has 0 saturated heterocycles. The summed E-state index contributed by atoms with van der Waals surface area (Å²) in [4.78, 5) is 0. The number of ether oxygens (including phenoxy) is 2. The lowest BCUT2D eigenvalue weighted by Gasteiger charge is -2.16. The number of hydrogen-bond donors (Lipinski definition) is 1. The molecule has 0 bridgehead atoms. The quantitative estimate of drug-likeness (QED) is 0.752. The Morgan fingerprint density at radius 2 is 1.77 bits per heavy atom. The fourth-order valence-electron chi connectivity index (χ4n) is 2.53. The molecular weight excluding hydrogens is 274 g/mol. The van der Waals surface area contributed by atoms with E-state index in [1.54, 1.807) is 7.11 Å². The van der Waals surface area contributed by atoms with Crippen LogP contribution >= 0.6 is 0 Å². The van der Waals surface area contributed by atoms with Gasteiger partial charge in [0, 0.05) is 0 Å². The highest BCUT2D eigenvalue weighted by Crippen LogP contribution is 2.23. The lowest BCUT2D eigenvalue weighted by Crippen LogP contribution is -2.13. The Morgan fingerprint density at radius 1 is 1.05 bits per heavy atom. The number of aryl methyl sites for hydroxylation is 1. The third-order valence-corrected chi connectivity index (χ3v) is 3.92. The molecule has 22 heavy (non-hydrogen) atoms. The van der Waals surface area contributed by atoms with Gasteiger partial charge >= 0.3 is 0 Å². The van der Waals surface area contributed by atoms with Crippen LogP contribution in [0.2, 0.25) is 0 Å². The maximum Gasteiger partial charge on any atom is 0.122 e. The summed E-state index contributed by atoms with van der Waals surface area (Å²) >= 11 is 0. The Kier molecular flexibility index (Phi) is 6.28. The topological polar surface area (TPSA) is 44.5 Å². The Morgan fingerprint density at radius 3 is 2.41 bits per heavy atom. The molecule has 2 N–H and O–H groups in total. The van der Waals surface area contributed by atoms with Gasteiger partial charge in [-0.15, -0.1) is 0 Å². The molecule has 118 valence electrons. The minimum Gasteiger partial charge on any atom is -0.497 e. The van der Waals surface area contributed by atoms with Gasteiger partial charge in [0.1, 0.15) is 11.5 Å². The molecule has 0 fully saturated rings. The second-order valence-electron chi connectivity index (χ2n) is 5.46. The van der Waals surface area contributed by atoms with Crippen molar-refractivity contribution in [2.45, 2.75) is 25.7 Å². The molecule has 3 nitrogen and oxygen atoms in total. The summed E-state index contributed by atoms with van der Waals surface area (Å²) in [6.07, 6.45) is 2.01. The van der Waals surface area contributed by atoms with Crippen molar-refractivity contribution in [3.8, 4) is 11.5 Å².